The van der Waals surface area contributed by atoms with Gasteiger partial charge in [0.2, 0.25) is 0 Å². The van der Waals surface area contributed by atoms with Crippen LogP contribution in [-0.4, -0.2) is 15.3 Å². The van der Waals surface area contributed by atoms with E-state index in [2.05, 4.69) is 6.07 Å². The molecule has 2 rings (SSSR count). The molecule has 1 atom stereocenters. The van der Waals surface area contributed by atoms with Crippen molar-refractivity contribution in [3.63, 3.8) is 0 Å². The van der Waals surface area contributed by atoms with Crippen LogP contribution in [0, 0.1) is 11.3 Å². The Kier molecular flexibility index (Phi) is 3.10. The van der Waals surface area contributed by atoms with Crippen LogP contribution in [0.4, 0.5) is 0 Å². The number of halogens is 1. The summed E-state index contributed by atoms with van der Waals surface area (Å²) in [6, 6.07) is 7.43. The second-order valence-corrected chi connectivity index (χ2v) is 5.40. The number of aromatic nitrogens is 1. The molecular weight excluding hydrogens is 248 g/mol. The number of nitrogens with zero attached hydrogens (tertiary/aromatic N) is 2. The molecule has 0 spiro atoms. The Balaban J connectivity index is 2.64. The summed E-state index contributed by atoms with van der Waals surface area (Å²) in [5, 5.41) is 20.3. The second kappa shape index (κ2) is 4.31. The van der Waals surface area contributed by atoms with E-state index in [1.165, 1.54) is 0 Å². The first-order chi connectivity index (χ1) is 8.36. The normalized spacial score (nSPS) is 13.6. The first kappa shape index (κ1) is 12.9. The first-order valence-electron chi connectivity index (χ1n) is 5.77. The monoisotopic (exact) mass is 262 g/mol. The van der Waals surface area contributed by atoms with Gasteiger partial charge in [-0.3, -0.25) is 0 Å². The molecule has 0 aliphatic carbocycles. The highest BCUT2D eigenvalue weighted by Gasteiger charge is 2.25. The van der Waals surface area contributed by atoms with Crippen molar-refractivity contribution in [3.8, 4) is 6.07 Å². The number of aliphatic hydroxyl groups is 1. The van der Waals surface area contributed by atoms with Crippen LogP contribution >= 0.6 is 11.6 Å². The molecule has 0 saturated heterocycles. The van der Waals surface area contributed by atoms with Gasteiger partial charge in [0.15, 0.2) is 0 Å². The van der Waals surface area contributed by atoms with Gasteiger partial charge in [0.05, 0.1) is 22.2 Å². The SMILES string of the molecule is CC(n1ccc2c(Cl)c(C#N)ccc21)C(C)(C)O. The summed E-state index contributed by atoms with van der Waals surface area (Å²) in [5.41, 5.74) is 0.568. The zero-order valence-electron chi connectivity index (χ0n) is 10.6. The minimum Gasteiger partial charge on any atom is -0.388 e. The summed E-state index contributed by atoms with van der Waals surface area (Å²) >= 11 is 6.18. The van der Waals surface area contributed by atoms with Crippen molar-refractivity contribution < 1.29 is 5.11 Å². The number of fused-ring (bicyclic) bond motifs is 1. The van der Waals surface area contributed by atoms with Gasteiger partial charge in [-0.25, -0.2) is 0 Å². The molecule has 0 fully saturated rings. The standard InChI is InChI=1S/C14H15ClN2O/c1-9(14(2,3)18)17-7-6-11-12(17)5-4-10(8-16)13(11)15/h4-7,9,18H,1-3H3. The maximum Gasteiger partial charge on any atom is 0.101 e. The average molecular weight is 263 g/mol. The van der Waals surface area contributed by atoms with Crippen LogP contribution in [0.25, 0.3) is 10.9 Å². The van der Waals surface area contributed by atoms with Crippen LogP contribution in [0.1, 0.15) is 32.4 Å². The topological polar surface area (TPSA) is 49.0 Å². The molecule has 0 bridgehead atoms. The third-order valence-electron chi connectivity index (χ3n) is 3.40. The minimum absolute atomic E-state index is 0.0843. The van der Waals surface area contributed by atoms with E-state index >= 15 is 0 Å². The molecule has 0 radical (unpaired) electrons. The predicted octanol–water partition coefficient (Wildman–Crippen LogP) is 3.50. The molecule has 18 heavy (non-hydrogen) atoms. The van der Waals surface area contributed by atoms with Gasteiger partial charge in [0, 0.05) is 17.1 Å². The molecule has 4 heteroatoms. The summed E-state index contributed by atoms with van der Waals surface area (Å²) in [6.07, 6.45) is 1.89. The van der Waals surface area contributed by atoms with Crippen molar-refractivity contribution in [3.05, 3.63) is 35.0 Å². The molecule has 1 unspecified atom stereocenters. The third kappa shape index (κ3) is 1.98. The van der Waals surface area contributed by atoms with E-state index in [0.29, 0.717) is 10.6 Å². The van der Waals surface area contributed by atoms with Crippen LogP contribution in [0.3, 0.4) is 0 Å². The molecule has 0 aliphatic heterocycles. The number of nitriles is 1. The Morgan fingerprint density at radius 2 is 2.06 bits per heavy atom. The number of rotatable bonds is 2. The van der Waals surface area contributed by atoms with E-state index < -0.39 is 5.60 Å². The molecular formula is C14H15ClN2O. The quantitative estimate of drug-likeness (QED) is 0.901. The lowest BCUT2D eigenvalue weighted by Crippen LogP contribution is -2.30. The highest BCUT2D eigenvalue weighted by atomic mass is 35.5. The fourth-order valence-electron chi connectivity index (χ4n) is 1.97. The van der Waals surface area contributed by atoms with Crippen LogP contribution in [0.5, 0.6) is 0 Å². The predicted molar refractivity (Wildman–Crippen MR) is 72.7 cm³/mol. The Labute approximate surface area is 111 Å². The van der Waals surface area contributed by atoms with E-state index in [9.17, 15) is 5.11 Å². The maximum absolute atomic E-state index is 10.1. The number of hydrogen-bond acceptors (Lipinski definition) is 2. The molecule has 1 aromatic carbocycles. The molecule has 0 aliphatic rings. The van der Waals surface area contributed by atoms with Gasteiger partial charge in [-0.1, -0.05) is 11.6 Å². The van der Waals surface area contributed by atoms with Gasteiger partial charge in [0.1, 0.15) is 6.07 Å². The summed E-state index contributed by atoms with van der Waals surface area (Å²) in [7, 11) is 0. The van der Waals surface area contributed by atoms with Gasteiger partial charge < -0.3 is 9.67 Å². The highest BCUT2D eigenvalue weighted by molar-refractivity contribution is 6.36. The van der Waals surface area contributed by atoms with E-state index in [4.69, 9.17) is 16.9 Å². The van der Waals surface area contributed by atoms with Crippen molar-refractivity contribution in [1.82, 2.24) is 4.57 Å². The molecule has 0 amide bonds. The van der Waals surface area contributed by atoms with Crippen molar-refractivity contribution >= 4 is 22.5 Å². The maximum atomic E-state index is 10.1. The van der Waals surface area contributed by atoms with E-state index in [0.717, 1.165) is 10.9 Å². The van der Waals surface area contributed by atoms with Crippen LogP contribution in [0.2, 0.25) is 5.02 Å². The Bertz CT molecular complexity index is 632. The fourth-order valence-corrected chi connectivity index (χ4v) is 2.23. The molecule has 1 heterocycles. The van der Waals surface area contributed by atoms with Crippen LogP contribution < -0.4 is 0 Å². The van der Waals surface area contributed by atoms with Crippen LogP contribution in [0.15, 0.2) is 24.4 Å². The van der Waals surface area contributed by atoms with Gasteiger partial charge in [-0.2, -0.15) is 5.26 Å². The Morgan fingerprint density at radius 3 is 2.61 bits per heavy atom. The summed E-state index contributed by atoms with van der Waals surface area (Å²) in [5.74, 6) is 0. The number of hydrogen-bond donors (Lipinski definition) is 1. The van der Waals surface area contributed by atoms with Gasteiger partial charge in [-0.05, 0) is 39.0 Å². The average Bonchev–Trinajstić information content (AvgIpc) is 2.71. The molecule has 94 valence electrons. The Morgan fingerprint density at radius 1 is 1.39 bits per heavy atom. The lowest BCUT2D eigenvalue weighted by Gasteiger charge is -2.28. The Hall–Kier alpha value is -1.50. The van der Waals surface area contributed by atoms with Crippen molar-refractivity contribution in [1.29, 1.82) is 5.26 Å². The first-order valence-corrected chi connectivity index (χ1v) is 6.15. The van der Waals surface area contributed by atoms with Crippen molar-refractivity contribution in [2.24, 2.45) is 0 Å². The van der Waals surface area contributed by atoms with Crippen molar-refractivity contribution in [2.45, 2.75) is 32.4 Å². The summed E-state index contributed by atoms with van der Waals surface area (Å²) in [6.45, 7) is 5.50. The van der Waals surface area contributed by atoms with E-state index in [1.807, 2.05) is 29.8 Å². The van der Waals surface area contributed by atoms with Crippen molar-refractivity contribution in [2.75, 3.05) is 0 Å². The number of benzene rings is 1. The largest absolute Gasteiger partial charge is 0.388 e. The van der Waals surface area contributed by atoms with E-state index in [-0.39, 0.29) is 6.04 Å². The molecule has 1 aromatic heterocycles. The fraction of sp³-hybridized carbons (Fsp3) is 0.357. The second-order valence-electron chi connectivity index (χ2n) is 5.02. The molecule has 0 saturated carbocycles. The van der Waals surface area contributed by atoms with Gasteiger partial charge in [-0.15, -0.1) is 0 Å². The van der Waals surface area contributed by atoms with E-state index in [1.54, 1.807) is 19.9 Å². The molecule has 3 nitrogen and oxygen atoms in total. The molecule has 1 N–H and O–H groups in total. The third-order valence-corrected chi connectivity index (χ3v) is 3.80. The molecule has 2 aromatic rings. The van der Waals surface area contributed by atoms with Crippen LogP contribution in [-0.2, 0) is 0 Å². The minimum atomic E-state index is -0.827. The lowest BCUT2D eigenvalue weighted by atomic mass is 10.0. The van der Waals surface area contributed by atoms with Gasteiger partial charge in [0.25, 0.3) is 0 Å². The zero-order chi connectivity index (χ0) is 13.5. The zero-order valence-corrected chi connectivity index (χ0v) is 11.4. The highest BCUT2D eigenvalue weighted by Crippen LogP contribution is 2.32. The lowest BCUT2D eigenvalue weighted by molar-refractivity contribution is 0.0322. The summed E-state index contributed by atoms with van der Waals surface area (Å²) < 4.78 is 1.97. The summed E-state index contributed by atoms with van der Waals surface area (Å²) in [4.78, 5) is 0. The van der Waals surface area contributed by atoms with Gasteiger partial charge >= 0.3 is 0 Å². The smallest absolute Gasteiger partial charge is 0.101 e.